The summed E-state index contributed by atoms with van der Waals surface area (Å²) >= 11 is 0. The van der Waals surface area contributed by atoms with Gasteiger partial charge < -0.3 is 9.67 Å². The smallest absolute Gasteiger partial charge is 0.323 e. The summed E-state index contributed by atoms with van der Waals surface area (Å²) in [6.07, 6.45) is 3.68. The number of carbonyl (C=O) groups is 1. The predicted octanol–water partition coefficient (Wildman–Crippen LogP) is 1.60. The molecule has 1 aliphatic carbocycles. The Morgan fingerprint density at radius 2 is 1.95 bits per heavy atom. The van der Waals surface area contributed by atoms with Crippen molar-refractivity contribution in [2.24, 2.45) is 0 Å². The molecule has 0 saturated carbocycles. The monoisotopic (exact) mass is 298 g/mol. The van der Waals surface area contributed by atoms with Crippen LogP contribution in [0.2, 0.25) is 0 Å². The quantitative estimate of drug-likeness (QED) is 0.910. The lowest BCUT2D eigenvalue weighted by atomic mass is 10.1. The lowest BCUT2D eigenvalue weighted by molar-refractivity contribution is -0.137. The third-order valence-electron chi connectivity index (χ3n) is 4.09. The minimum absolute atomic E-state index is 0.125. The van der Waals surface area contributed by atoms with Crippen LogP contribution in [0.4, 0.5) is 0 Å². The van der Waals surface area contributed by atoms with Gasteiger partial charge in [0.15, 0.2) is 0 Å². The zero-order chi connectivity index (χ0) is 15.5. The molecule has 22 heavy (non-hydrogen) atoms. The summed E-state index contributed by atoms with van der Waals surface area (Å²) in [4.78, 5) is 27.4. The van der Waals surface area contributed by atoms with E-state index in [0.29, 0.717) is 24.2 Å². The van der Waals surface area contributed by atoms with Crippen molar-refractivity contribution >= 4 is 5.97 Å². The van der Waals surface area contributed by atoms with Crippen molar-refractivity contribution in [2.75, 3.05) is 0 Å². The van der Waals surface area contributed by atoms with Crippen LogP contribution in [0.3, 0.4) is 0 Å². The van der Waals surface area contributed by atoms with Gasteiger partial charge in [-0.3, -0.25) is 9.59 Å². The maximum absolute atomic E-state index is 12.1. The number of aliphatic carboxylic acids is 1. The Morgan fingerprint density at radius 3 is 2.68 bits per heavy atom. The summed E-state index contributed by atoms with van der Waals surface area (Å²) in [7, 11) is 0. The van der Waals surface area contributed by atoms with Crippen LogP contribution in [0, 0.1) is 0 Å². The van der Waals surface area contributed by atoms with Gasteiger partial charge in [-0.15, -0.1) is 0 Å². The number of fused-ring (bicyclic) bond motifs is 1. The van der Waals surface area contributed by atoms with E-state index >= 15 is 0 Å². The van der Waals surface area contributed by atoms with E-state index in [1.165, 1.54) is 0 Å². The van der Waals surface area contributed by atoms with Crippen LogP contribution >= 0.6 is 0 Å². The van der Waals surface area contributed by atoms with E-state index in [4.69, 9.17) is 5.11 Å². The molecular formula is C17H18N2O3. The number of benzene rings is 1. The minimum Gasteiger partial charge on any atom is -0.480 e. The van der Waals surface area contributed by atoms with Gasteiger partial charge in [-0.25, -0.2) is 0 Å². The second-order valence-electron chi connectivity index (χ2n) is 5.58. The Morgan fingerprint density at radius 1 is 1.18 bits per heavy atom. The highest BCUT2D eigenvalue weighted by molar-refractivity contribution is 5.66. The van der Waals surface area contributed by atoms with Gasteiger partial charge in [-0.2, -0.15) is 4.98 Å². The van der Waals surface area contributed by atoms with Gasteiger partial charge in [0.2, 0.25) is 0 Å². The molecule has 5 nitrogen and oxygen atoms in total. The maximum atomic E-state index is 12.1. The standard InChI is InChI=1S/C17H18N2O3/c20-16(21)11-19-14-8-4-7-13(14)17(22)18-15(19)10-9-12-5-2-1-3-6-12/h1-3,5-6H,4,7-11H2,(H,20,21). The Hall–Kier alpha value is -2.43. The van der Waals surface area contributed by atoms with Crippen LogP contribution in [0.5, 0.6) is 0 Å². The number of carboxylic acids is 1. The van der Waals surface area contributed by atoms with Gasteiger partial charge >= 0.3 is 5.97 Å². The fourth-order valence-corrected chi connectivity index (χ4v) is 3.07. The van der Waals surface area contributed by atoms with E-state index in [1.807, 2.05) is 30.3 Å². The third kappa shape index (κ3) is 2.93. The van der Waals surface area contributed by atoms with Gasteiger partial charge in [-0.1, -0.05) is 30.3 Å². The zero-order valence-corrected chi connectivity index (χ0v) is 12.3. The van der Waals surface area contributed by atoms with Gasteiger partial charge in [0.1, 0.15) is 12.4 Å². The molecule has 1 heterocycles. The molecule has 1 aliphatic rings. The first kappa shape index (κ1) is 14.5. The predicted molar refractivity (Wildman–Crippen MR) is 82.0 cm³/mol. The van der Waals surface area contributed by atoms with Gasteiger partial charge in [0.05, 0.1) is 0 Å². The number of rotatable bonds is 5. The maximum Gasteiger partial charge on any atom is 0.323 e. The molecule has 5 heteroatoms. The van der Waals surface area contributed by atoms with Crippen LogP contribution < -0.4 is 5.56 Å². The molecule has 1 aromatic carbocycles. The molecule has 0 saturated heterocycles. The van der Waals surface area contributed by atoms with E-state index in [1.54, 1.807) is 4.57 Å². The number of aryl methyl sites for hydroxylation is 2. The average Bonchev–Trinajstić information content (AvgIpc) is 2.99. The van der Waals surface area contributed by atoms with E-state index in [-0.39, 0.29) is 12.1 Å². The first-order valence-corrected chi connectivity index (χ1v) is 7.52. The Bertz CT molecular complexity index is 750. The van der Waals surface area contributed by atoms with Crippen molar-refractivity contribution in [3.63, 3.8) is 0 Å². The second-order valence-corrected chi connectivity index (χ2v) is 5.58. The summed E-state index contributed by atoms with van der Waals surface area (Å²) in [5, 5.41) is 9.15. The molecule has 0 aliphatic heterocycles. The van der Waals surface area contributed by atoms with E-state index in [2.05, 4.69) is 4.98 Å². The SMILES string of the molecule is O=C(O)Cn1c(CCc2ccccc2)nc(=O)c2c1CCC2. The Balaban J connectivity index is 1.94. The van der Waals surface area contributed by atoms with Crippen molar-refractivity contribution in [2.45, 2.75) is 38.6 Å². The fraction of sp³-hybridized carbons (Fsp3) is 0.353. The minimum atomic E-state index is -0.902. The first-order chi connectivity index (χ1) is 10.6. The highest BCUT2D eigenvalue weighted by atomic mass is 16.4. The van der Waals surface area contributed by atoms with Crippen molar-refractivity contribution in [1.82, 2.24) is 9.55 Å². The van der Waals surface area contributed by atoms with E-state index in [0.717, 1.165) is 30.5 Å². The van der Waals surface area contributed by atoms with Gasteiger partial charge in [-0.05, 0) is 31.2 Å². The highest BCUT2D eigenvalue weighted by Gasteiger charge is 2.22. The topological polar surface area (TPSA) is 72.2 Å². The molecule has 0 amide bonds. The second kappa shape index (κ2) is 6.13. The van der Waals surface area contributed by atoms with Crippen LogP contribution in [0.1, 0.15) is 29.1 Å². The molecule has 0 bridgehead atoms. The number of hydrogen-bond donors (Lipinski definition) is 1. The molecule has 3 rings (SSSR count). The molecule has 0 fully saturated rings. The van der Waals surface area contributed by atoms with Crippen molar-refractivity contribution in [3.8, 4) is 0 Å². The molecule has 114 valence electrons. The summed E-state index contributed by atoms with van der Waals surface area (Å²) in [6, 6.07) is 9.93. The largest absolute Gasteiger partial charge is 0.480 e. The molecule has 1 aromatic heterocycles. The normalized spacial score (nSPS) is 13.1. The molecule has 0 unspecified atom stereocenters. The number of nitrogens with zero attached hydrogens (tertiary/aromatic N) is 2. The molecule has 0 spiro atoms. The molecule has 0 radical (unpaired) electrons. The van der Waals surface area contributed by atoms with Crippen LogP contribution in [-0.2, 0) is 37.0 Å². The molecule has 1 N–H and O–H groups in total. The van der Waals surface area contributed by atoms with Crippen molar-refractivity contribution in [3.05, 3.63) is 63.3 Å². The van der Waals surface area contributed by atoms with Crippen molar-refractivity contribution in [1.29, 1.82) is 0 Å². The van der Waals surface area contributed by atoms with E-state index < -0.39 is 5.97 Å². The summed E-state index contributed by atoms with van der Waals surface area (Å²) in [5.41, 5.74) is 2.53. The lowest BCUT2D eigenvalue weighted by Crippen LogP contribution is -2.26. The summed E-state index contributed by atoms with van der Waals surface area (Å²) in [5.74, 6) is -0.322. The fourth-order valence-electron chi connectivity index (χ4n) is 3.07. The van der Waals surface area contributed by atoms with Crippen LogP contribution in [0.25, 0.3) is 0 Å². The Labute approximate surface area is 128 Å². The van der Waals surface area contributed by atoms with E-state index in [9.17, 15) is 9.59 Å². The van der Waals surface area contributed by atoms with Crippen LogP contribution in [0.15, 0.2) is 35.1 Å². The lowest BCUT2D eigenvalue weighted by Gasteiger charge is -2.15. The highest BCUT2D eigenvalue weighted by Crippen LogP contribution is 2.20. The number of aromatic nitrogens is 2. The average molecular weight is 298 g/mol. The summed E-state index contributed by atoms with van der Waals surface area (Å²) in [6.45, 7) is -0.125. The molecular weight excluding hydrogens is 280 g/mol. The van der Waals surface area contributed by atoms with Gasteiger partial charge in [0.25, 0.3) is 5.56 Å². The zero-order valence-electron chi connectivity index (χ0n) is 12.3. The molecule has 0 atom stereocenters. The van der Waals surface area contributed by atoms with Gasteiger partial charge in [0, 0.05) is 17.7 Å². The molecule has 2 aromatic rings. The summed E-state index contributed by atoms with van der Waals surface area (Å²) < 4.78 is 1.73. The Kier molecular flexibility index (Phi) is 4.04. The van der Waals surface area contributed by atoms with Crippen LogP contribution in [-0.4, -0.2) is 20.6 Å². The van der Waals surface area contributed by atoms with Crippen molar-refractivity contribution < 1.29 is 9.90 Å². The first-order valence-electron chi connectivity index (χ1n) is 7.52. The third-order valence-corrected chi connectivity index (χ3v) is 4.09. The number of carboxylic acid groups (broad SMARTS) is 1. The number of hydrogen-bond acceptors (Lipinski definition) is 3.